The van der Waals surface area contributed by atoms with E-state index in [1.807, 2.05) is 0 Å². The zero-order valence-corrected chi connectivity index (χ0v) is 11.2. The number of nitrogens with two attached hydrogens (primary N) is 1. The summed E-state index contributed by atoms with van der Waals surface area (Å²) < 4.78 is 6.56. The van der Waals surface area contributed by atoms with Crippen molar-refractivity contribution < 1.29 is 20.1 Å². The molecule has 2 aromatic heterocycles. The zero-order valence-electron chi connectivity index (χ0n) is 11.2. The predicted octanol–water partition coefficient (Wildman–Crippen LogP) is -2.84. The van der Waals surface area contributed by atoms with Crippen LogP contribution in [-0.4, -0.2) is 59.3 Å². The standard InChI is InChI=1S/C12H13N5O5/c1-2-12(4-18)8(20)6(19)7(22-12)5-3-14-9-10(21)15-11(13)16-17(5)9/h1,3,6-8,18-20H,4H2,(H3,13,15,16,21). The van der Waals surface area contributed by atoms with Crippen molar-refractivity contribution in [2.24, 2.45) is 0 Å². The molecule has 10 nitrogen and oxygen atoms in total. The van der Waals surface area contributed by atoms with Gasteiger partial charge in [0.15, 0.2) is 5.60 Å². The van der Waals surface area contributed by atoms with E-state index >= 15 is 0 Å². The van der Waals surface area contributed by atoms with E-state index in [9.17, 15) is 20.1 Å². The minimum atomic E-state index is -1.75. The molecule has 1 fully saturated rings. The van der Waals surface area contributed by atoms with Crippen LogP contribution < -0.4 is 11.3 Å². The van der Waals surface area contributed by atoms with Crippen LogP contribution in [0.2, 0.25) is 0 Å². The molecule has 1 aliphatic heterocycles. The van der Waals surface area contributed by atoms with Gasteiger partial charge in [-0.05, 0) is 0 Å². The smallest absolute Gasteiger partial charge is 0.295 e. The second kappa shape index (κ2) is 4.79. The Balaban J connectivity index is 2.13. The number of ether oxygens (including phenoxy) is 1. The summed E-state index contributed by atoms with van der Waals surface area (Å²) in [5, 5.41) is 33.5. The molecule has 3 rings (SSSR count). The first-order valence-corrected chi connectivity index (χ1v) is 6.29. The minimum Gasteiger partial charge on any atom is -0.392 e. The highest BCUT2D eigenvalue weighted by Gasteiger charge is 2.54. The summed E-state index contributed by atoms with van der Waals surface area (Å²) in [4.78, 5) is 17.9. The minimum absolute atomic E-state index is 0.0586. The molecule has 10 heteroatoms. The number of hydrogen-bond acceptors (Lipinski definition) is 8. The molecule has 3 heterocycles. The van der Waals surface area contributed by atoms with Crippen LogP contribution >= 0.6 is 0 Å². The van der Waals surface area contributed by atoms with Crippen molar-refractivity contribution in [2.45, 2.75) is 23.9 Å². The number of aromatic amines is 1. The number of rotatable bonds is 2. The van der Waals surface area contributed by atoms with E-state index in [4.69, 9.17) is 16.9 Å². The van der Waals surface area contributed by atoms with Gasteiger partial charge in [0, 0.05) is 0 Å². The summed E-state index contributed by atoms with van der Waals surface area (Å²) in [6, 6.07) is 0. The number of aliphatic hydroxyl groups excluding tert-OH is 3. The fraction of sp³-hybridized carbons (Fsp3) is 0.417. The van der Waals surface area contributed by atoms with E-state index in [2.05, 4.69) is 21.0 Å². The predicted molar refractivity (Wildman–Crippen MR) is 72.5 cm³/mol. The van der Waals surface area contributed by atoms with Crippen molar-refractivity contribution in [3.05, 3.63) is 22.2 Å². The van der Waals surface area contributed by atoms with Gasteiger partial charge in [-0.25, -0.2) is 9.50 Å². The molecule has 4 unspecified atom stereocenters. The lowest BCUT2D eigenvalue weighted by molar-refractivity contribution is -0.0732. The molecule has 1 saturated heterocycles. The molecule has 0 radical (unpaired) electrons. The third-order valence-corrected chi connectivity index (χ3v) is 3.64. The van der Waals surface area contributed by atoms with Gasteiger partial charge >= 0.3 is 0 Å². The van der Waals surface area contributed by atoms with Crippen molar-refractivity contribution in [1.29, 1.82) is 0 Å². The lowest BCUT2D eigenvalue weighted by atomic mass is 9.96. The molecule has 6 N–H and O–H groups in total. The second-order valence-electron chi connectivity index (χ2n) is 4.92. The maximum atomic E-state index is 11.7. The van der Waals surface area contributed by atoms with Gasteiger partial charge < -0.3 is 25.8 Å². The number of fused-ring (bicyclic) bond motifs is 1. The Morgan fingerprint density at radius 2 is 2.32 bits per heavy atom. The molecule has 0 amide bonds. The van der Waals surface area contributed by atoms with E-state index in [0.717, 1.165) is 4.52 Å². The summed E-state index contributed by atoms with van der Waals surface area (Å²) in [6.45, 7) is -0.689. The van der Waals surface area contributed by atoms with Crippen LogP contribution in [-0.2, 0) is 4.74 Å². The third kappa shape index (κ3) is 1.81. The van der Waals surface area contributed by atoms with Gasteiger partial charge in [0.1, 0.15) is 18.3 Å². The van der Waals surface area contributed by atoms with E-state index < -0.39 is 36.1 Å². The number of nitrogen functional groups attached to an aromatic ring is 1. The Bertz CT molecular complexity index is 823. The lowest BCUT2D eigenvalue weighted by Gasteiger charge is -2.23. The number of hydrogen-bond donors (Lipinski definition) is 5. The van der Waals surface area contributed by atoms with Gasteiger partial charge in [0.25, 0.3) is 5.56 Å². The quantitative estimate of drug-likeness (QED) is 0.371. The molecular weight excluding hydrogens is 294 g/mol. The largest absolute Gasteiger partial charge is 0.392 e. The Labute approximate surface area is 123 Å². The average Bonchev–Trinajstić information content (AvgIpc) is 3.01. The molecule has 116 valence electrons. The highest BCUT2D eigenvalue weighted by Crippen LogP contribution is 2.39. The van der Waals surface area contributed by atoms with Crippen LogP contribution in [0.25, 0.3) is 5.65 Å². The van der Waals surface area contributed by atoms with Crippen LogP contribution in [0.3, 0.4) is 0 Å². The topological polar surface area (TPSA) is 159 Å². The van der Waals surface area contributed by atoms with E-state index in [1.165, 1.54) is 6.20 Å². The van der Waals surface area contributed by atoms with Crippen molar-refractivity contribution in [3.8, 4) is 12.3 Å². The number of terminal acetylenes is 1. The van der Waals surface area contributed by atoms with Gasteiger partial charge in [-0.1, -0.05) is 5.92 Å². The second-order valence-corrected chi connectivity index (χ2v) is 4.92. The Kier molecular flexibility index (Phi) is 3.15. The highest BCUT2D eigenvalue weighted by molar-refractivity contribution is 5.39. The number of H-pyrrole nitrogens is 1. The summed E-state index contributed by atoms with van der Waals surface area (Å²) in [6.07, 6.45) is 2.45. The molecule has 4 atom stereocenters. The summed E-state index contributed by atoms with van der Waals surface area (Å²) >= 11 is 0. The number of imidazole rings is 1. The Morgan fingerprint density at radius 1 is 1.59 bits per heavy atom. The van der Waals surface area contributed by atoms with Gasteiger partial charge in [-0.15, -0.1) is 11.5 Å². The first-order chi connectivity index (χ1) is 10.4. The number of aliphatic hydroxyl groups is 3. The van der Waals surface area contributed by atoms with Gasteiger partial charge in [-0.2, -0.15) is 0 Å². The molecule has 0 aliphatic carbocycles. The molecular formula is C12H13N5O5. The summed E-state index contributed by atoms with van der Waals surface area (Å²) in [7, 11) is 0. The zero-order chi connectivity index (χ0) is 16.1. The maximum Gasteiger partial charge on any atom is 0.295 e. The average molecular weight is 307 g/mol. The fourth-order valence-corrected chi connectivity index (χ4v) is 2.46. The molecule has 0 spiro atoms. The number of aromatic nitrogens is 4. The maximum absolute atomic E-state index is 11.7. The number of anilines is 1. The molecule has 22 heavy (non-hydrogen) atoms. The monoisotopic (exact) mass is 307 g/mol. The van der Waals surface area contributed by atoms with Crippen LogP contribution in [0.15, 0.2) is 11.0 Å². The van der Waals surface area contributed by atoms with Crippen LogP contribution in [0.4, 0.5) is 5.95 Å². The highest BCUT2D eigenvalue weighted by atomic mass is 16.6. The fourth-order valence-electron chi connectivity index (χ4n) is 2.46. The number of nitrogens with zero attached hydrogens (tertiary/aromatic N) is 3. The first-order valence-electron chi connectivity index (χ1n) is 6.29. The van der Waals surface area contributed by atoms with Crippen LogP contribution in [0.1, 0.15) is 11.8 Å². The molecule has 2 aromatic rings. The van der Waals surface area contributed by atoms with Gasteiger partial charge in [0.05, 0.1) is 18.5 Å². The molecule has 0 bridgehead atoms. The lowest BCUT2D eigenvalue weighted by Crippen LogP contribution is -2.44. The summed E-state index contributed by atoms with van der Waals surface area (Å²) in [5.41, 5.74) is 3.27. The molecule has 1 aliphatic rings. The van der Waals surface area contributed by atoms with Crippen molar-refractivity contribution in [2.75, 3.05) is 12.3 Å². The Hall–Kier alpha value is -2.45. The normalized spacial score (nSPS) is 31.5. The van der Waals surface area contributed by atoms with Crippen molar-refractivity contribution in [3.63, 3.8) is 0 Å². The Morgan fingerprint density at radius 3 is 2.91 bits per heavy atom. The van der Waals surface area contributed by atoms with Crippen LogP contribution in [0, 0.1) is 12.3 Å². The third-order valence-electron chi connectivity index (χ3n) is 3.64. The van der Waals surface area contributed by atoms with Gasteiger partial charge in [-0.3, -0.25) is 9.78 Å². The molecule has 0 aromatic carbocycles. The van der Waals surface area contributed by atoms with Crippen LogP contribution in [0.5, 0.6) is 0 Å². The summed E-state index contributed by atoms with van der Waals surface area (Å²) in [5.74, 6) is 1.99. The van der Waals surface area contributed by atoms with E-state index in [0.29, 0.717) is 0 Å². The SMILES string of the molecule is C#CC1(CO)OC(c2cnc3c(=O)[nH]c(N)nn23)C(O)C1O. The number of nitrogens with one attached hydrogen (secondary N) is 1. The van der Waals surface area contributed by atoms with E-state index in [-0.39, 0.29) is 17.3 Å². The van der Waals surface area contributed by atoms with Crippen molar-refractivity contribution in [1.82, 2.24) is 19.6 Å². The van der Waals surface area contributed by atoms with E-state index in [1.54, 1.807) is 0 Å². The first kappa shape index (κ1) is 14.5. The van der Waals surface area contributed by atoms with Gasteiger partial charge in [0.2, 0.25) is 11.6 Å². The molecule has 0 saturated carbocycles. The van der Waals surface area contributed by atoms with Crippen molar-refractivity contribution >= 4 is 11.6 Å².